The highest BCUT2D eigenvalue weighted by atomic mass is 19.1. The number of allylic oxidation sites excluding steroid dienone is 1. The number of likely N-dealkylation sites (tertiary alicyclic amines) is 1. The van der Waals surface area contributed by atoms with Gasteiger partial charge in [-0.3, -0.25) is 29.0 Å². The molecule has 12 nitrogen and oxygen atoms in total. The zero-order valence-electron chi connectivity index (χ0n) is 23.0. The third-order valence-electron chi connectivity index (χ3n) is 8.92. The van der Waals surface area contributed by atoms with Crippen LogP contribution < -0.4 is 11.1 Å². The minimum absolute atomic E-state index is 0.0161. The topological polar surface area (TPSA) is 194 Å². The van der Waals surface area contributed by atoms with Crippen molar-refractivity contribution in [1.29, 1.82) is 0 Å². The van der Waals surface area contributed by atoms with Crippen molar-refractivity contribution in [3.63, 3.8) is 0 Å². The Morgan fingerprint density at radius 3 is 2.41 bits per heavy atom. The van der Waals surface area contributed by atoms with E-state index in [1.54, 1.807) is 6.92 Å². The van der Waals surface area contributed by atoms with Gasteiger partial charge in [0.15, 0.2) is 17.1 Å². The highest BCUT2D eigenvalue weighted by molar-refractivity contribution is 6.25. The van der Waals surface area contributed by atoms with E-state index in [1.165, 1.54) is 19.0 Å². The van der Waals surface area contributed by atoms with Gasteiger partial charge in [0.25, 0.3) is 5.91 Å². The molecule has 13 heteroatoms. The Labute approximate surface area is 234 Å². The van der Waals surface area contributed by atoms with Crippen LogP contribution in [0.4, 0.5) is 10.1 Å². The number of nitrogens with one attached hydrogen (secondary N) is 1. The number of Topliss-reactive ketones (excluding diaryl/α,β-unsaturated/α-hetero) is 2. The molecule has 0 aromatic heterocycles. The van der Waals surface area contributed by atoms with Gasteiger partial charge in [-0.15, -0.1) is 0 Å². The first-order valence-corrected chi connectivity index (χ1v) is 13.4. The first kappa shape index (κ1) is 28.7. The van der Waals surface area contributed by atoms with Crippen molar-refractivity contribution in [2.75, 3.05) is 39.0 Å². The molecule has 1 saturated heterocycles. The summed E-state index contributed by atoms with van der Waals surface area (Å²) < 4.78 is 15.5. The number of fused-ring (bicyclic) bond motifs is 3. The van der Waals surface area contributed by atoms with Gasteiger partial charge in [0.2, 0.25) is 11.7 Å². The number of primary amides is 1. The molecular weight excluding hydrogens is 539 g/mol. The van der Waals surface area contributed by atoms with E-state index in [-0.39, 0.29) is 30.6 Å². The molecule has 3 aliphatic carbocycles. The maximum Gasteiger partial charge on any atom is 0.255 e. The van der Waals surface area contributed by atoms with Crippen LogP contribution in [0, 0.1) is 17.2 Å². The molecule has 4 atom stereocenters. The molecule has 220 valence electrons. The minimum atomic E-state index is -2.82. The number of anilines is 1. The average molecular weight is 573 g/mol. The standard InChI is InChI=1S/C28H33FN4O8/c1-27-9-12-14(29)8-15(31-16(34)11-33-6-4-5-7-33)21(35)17(12)22(36)19(27)25(39)28(41)13(10-27)20(32(2)3)23(37)18(24(28)38)26(30)40/h8,13,20,35,37,39,41H,4-7,9-11H2,1-3H3,(H2,30,40)(H,31,34)/t13-,20-,27-,28+/m0/s1. The van der Waals surface area contributed by atoms with Crippen molar-refractivity contribution in [2.24, 2.45) is 17.1 Å². The fraction of sp³-hybridized carbons (Fsp3) is 0.500. The van der Waals surface area contributed by atoms with E-state index in [1.807, 2.05) is 4.90 Å². The molecule has 0 unspecified atom stereocenters. The van der Waals surface area contributed by atoms with E-state index >= 15 is 4.39 Å². The van der Waals surface area contributed by atoms with Gasteiger partial charge in [-0.25, -0.2) is 4.39 Å². The molecule has 0 saturated carbocycles. The van der Waals surface area contributed by atoms with Crippen molar-refractivity contribution in [3.05, 3.63) is 45.7 Å². The van der Waals surface area contributed by atoms with Crippen LogP contribution in [0.5, 0.6) is 5.75 Å². The molecule has 5 rings (SSSR count). The lowest BCUT2D eigenvalue weighted by Crippen LogP contribution is -2.65. The number of hydrogen-bond acceptors (Lipinski definition) is 10. The van der Waals surface area contributed by atoms with Gasteiger partial charge in [-0.2, -0.15) is 0 Å². The minimum Gasteiger partial charge on any atom is -0.510 e. The quantitative estimate of drug-likeness (QED) is 0.216. The number of aliphatic hydroxyl groups is 3. The normalized spacial score (nSPS) is 29.9. The Hall–Kier alpha value is -3.81. The number of nitrogens with two attached hydrogens (primary N) is 1. The second kappa shape index (κ2) is 9.64. The van der Waals surface area contributed by atoms with Crippen LogP contribution in [0.3, 0.4) is 0 Å². The Bertz CT molecular complexity index is 1460. The maximum absolute atomic E-state index is 15.5. The Morgan fingerprint density at radius 2 is 1.83 bits per heavy atom. The monoisotopic (exact) mass is 572 g/mol. The van der Waals surface area contributed by atoms with Crippen molar-refractivity contribution in [3.8, 4) is 5.75 Å². The van der Waals surface area contributed by atoms with Crippen LogP contribution in [0.2, 0.25) is 0 Å². The van der Waals surface area contributed by atoms with Crippen LogP contribution in [-0.4, -0.2) is 99.0 Å². The number of likely N-dealkylation sites (N-methyl/N-ethyl adjacent to an activating group) is 1. The summed E-state index contributed by atoms with van der Waals surface area (Å²) in [5, 5.41) is 47.6. The summed E-state index contributed by atoms with van der Waals surface area (Å²) in [6.07, 6.45) is 1.48. The van der Waals surface area contributed by atoms with E-state index in [9.17, 15) is 39.6 Å². The summed E-state index contributed by atoms with van der Waals surface area (Å²) in [6.45, 7) is 3.01. The van der Waals surface area contributed by atoms with Gasteiger partial charge >= 0.3 is 0 Å². The number of ketones is 2. The Morgan fingerprint density at radius 1 is 1.20 bits per heavy atom. The molecule has 0 bridgehead atoms. The predicted molar refractivity (Wildman–Crippen MR) is 143 cm³/mol. The fourth-order valence-corrected chi connectivity index (χ4v) is 7.07. The summed E-state index contributed by atoms with van der Waals surface area (Å²) in [5.41, 5.74) is -1.16. The van der Waals surface area contributed by atoms with Crippen molar-refractivity contribution in [2.45, 2.75) is 44.2 Å². The largest absolute Gasteiger partial charge is 0.510 e. The lowest BCUT2D eigenvalue weighted by molar-refractivity contribution is -0.150. The van der Waals surface area contributed by atoms with E-state index in [4.69, 9.17) is 5.73 Å². The summed E-state index contributed by atoms with van der Waals surface area (Å²) in [7, 11) is 3.04. The van der Waals surface area contributed by atoms with Gasteiger partial charge in [-0.1, -0.05) is 6.92 Å². The number of benzene rings is 1. The number of aromatic hydroxyl groups is 1. The Kier molecular flexibility index (Phi) is 6.75. The molecule has 7 N–H and O–H groups in total. The summed E-state index contributed by atoms with van der Waals surface area (Å²) in [5.74, 6) is -8.82. The van der Waals surface area contributed by atoms with E-state index < -0.39 is 86.2 Å². The number of carbonyl (C=O) groups excluding carboxylic acids is 4. The van der Waals surface area contributed by atoms with Crippen molar-refractivity contribution in [1.82, 2.24) is 9.80 Å². The van der Waals surface area contributed by atoms with E-state index in [0.717, 1.165) is 32.0 Å². The summed E-state index contributed by atoms with van der Waals surface area (Å²) in [4.78, 5) is 55.4. The first-order valence-electron chi connectivity index (χ1n) is 13.4. The summed E-state index contributed by atoms with van der Waals surface area (Å²) >= 11 is 0. The van der Waals surface area contributed by atoms with Crippen molar-refractivity contribution < 1.29 is 44.0 Å². The molecule has 1 fully saturated rings. The lowest BCUT2D eigenvalue weighted by Gasteiger charge is -2.53. The molecule has 2 amide bonds. The first-order chi connectivity index (χ1) is 19.1. The number of phenolic OH excluding ortho intramolecular Hbond substituents is 1. The fourth-order valence-electron chi connectivity index (χ4n) is 7.07. The number of rotatable bonds is 5. The zero-order valence-corrected chi connectivity index (χ0v) is 23.0. The average Bonchev–Trinajstić information content (AvgIpc) is 3.37. The second-order valence-electron chi connectivity index (χ2n) is 11.9. The number of nitrogens with zero attached hydrogens (tertiary/aromatic N) is 2. The molecule has 0 radical (unpaired) electrons. The number of phenols is 1. The number of halogens is 1. The lowest BCUT2D eigenvalue weighted by atomic mass is 9.53. The number of hydrogen-bond donors (Lipinski definition) is 6. The molecular formula is C28H33FN4O8. The van der Waals surface area contributed by atoms with E-state index in [0.29, 0.717) is 0 Å². The zero-order chi connectivity index (χ0) is 30.2. The predicted octanol–water partition coefficient (Wildman–Crippen LogP) is 0.684. The van der Waals surface area contributed by atoms with Gasteiger partial charge < -0.3 is 31.5 Å². The molecule has 4 aliphatic rings. The second-order valence-corrected chi connectivity index (χ2v) is 11.9. The molecule has 0 spiro atoms. The number of carbonyl (C=O) groups is 4. The third-order valence-corrected chi connectivity index (χ3v) is 8.92. The maximum atomic E-state index is 15.5. The van der Waals surface area contributed by atoms with Crippen LogP contribution in [0.25, 0.3) is 0 Å². The number of aliphatic hydroxyl groups excluding tert-OH is 2. The van der Waals surface area contributed by atoms with Crippen LogP contribution in [0.1, 0.15) is 42.1 Å². The Balaban J connectivity index is 1.62. The molecule has 41 heavy (non-hydrogen) atoms. The molecule has 1 aromatic rings. The molecule has 1 aromatic carbocycles. The van der Waals surface area contributed by atoms with Gasteiger partial charge in [0, 0.05) is 28.5 Å². The van der Waals surface area contributed by atoms with Crippen molar-refractivity contribution >= 4 is 29.1 Å². The summed E-state index contributed by atoms with van der Waals surface area (Å²) in [6, 6.07) is -0.232. The van der Waals surface area contributed by atoms with Gasteiger partial charge in [-0.05, 0) is 52.9 Å². The third kappa shape index (κ3) is 4.13. The molecule has 1 aliphatic heterocycles. The van der Waals surface area contributed by atoms with Gasteiger partial charge in [0.1, 0.15) is 22.9 Å². The van der Waals surface area contributed by atoms with Crippen LogP contribution in [-0.2, 0) is 20.8 Å². The smallest absolute Gasteiger partial charge is 0.255 e. The SMILES string of the molecule is CN(C)[C@@H]1C(O)=C(C(N)=O)C(=O)[C@@]2(O)C(O)=C3C(=O)c4c(O)c(NC(=O)CN5CCCC5)cc(F)c4C[C@@]3(C)C[C@@H]12. The van der Waals surface area contributed by atoms with Crippen LogP contribution in [0.15, 0.2) is 28.7 Å². The van der Waals surface area contributed by atoms with Gasteiger partial charge in [0.05, 0.1) is 23.8 Å². The highest BCUT2D eigenvalue weighted by Gasteiger charge is 2.65. The number of amides is 2. The van der Waals surface area contributed by atoms with Crippen LogP contribution >= 0.6 is 0 Å². The highest BCUT2D eigenvalue weighted by Crippen LogP contribution is 2.58. The van der Waals surface area contributed by atoms with E-state index in [2.05, 4.69) is 5.32 Å². The molecule has 1 heterocycles.